The van der Waals surface area contributed by atoms with Crippen LogP contribution in [0.5, 0.6) is 0 Å². The Morgan fingerprint density at radius 2 is 0.789 bits per heavy atom. The van der Waals surface area contributed by atoms with Crippen molar-refractivity contribution in [1.82, 2.24) is 0 Å². The molecule has 0 radical (unpaired) electrons. The topological polar surface area (TPSA) is 0 Å². The molecule has 4 rings (SSSR count). The monoisotopic (exact) mass is 764 g/mol. The van der Waals surface area contributed by atoms with E-state index in [0.717, 1.165) is 36.4 Å². The molecule has 0 amide bonds. The Kier molecular flexibility index (Phi) is 8.36. The van der Waals surface area contributed by atoms with Gasteiger partial charge in [0.25, 0.3) is 0 Å². The molecule has 0 bridgehead atoms. The third-order valence-corrected chi connectivity index (χ3v) is 11.0. The molecule has 0 aliphatic heterocycles. The van der Waals surface area contributed by atoms with E-state index in [-0.39, 0.29) is 0 Å². The predicted molar refractivity (Wildman–Crippen MR) is 115 cm³/mol. The maximum absolute atomic E-state index is 13.6. The first kappa shape index (κ1) is 28.7. The van der Waals surface area contributed by atoms with Crippen LogP contribution in [0.4, 0.5) is 39.5 Å². The van der Waals surface area contributed by atoms with E-state index in [9.17, 15) is 39.5 Å². The van der Waals surface area contributed by atoms with Crippen LogP contribution in [0.2, 0.25) is 0 Å². The summed E-state index contributed by atoms with van der Waals surface area (Å²) >= 11 is -2.22. The molecule has 0 saturated carbocycles. The summed E-state index contributed by atoms with van der Waals surface area (Å²) in [7, 11) is 0. The van der Waals surface area contributed by atoms with Crippen LogP contribution in [-0.4, -0.2) is 0 Å². The van der Waals surface area contributed by atoms with Crippen molar-refractivity contribution >= 4 is 0 Å². The molecule has 0 aliphatic rings. The van der Waals surface area contributed by atoms with E-state index in [2.05, 4.69) is 0 Å². The van der Waals surface area contributed by atoms with Crippen LogP contribution < -0.4 is 42.4 Å². The van der Waals surface area contributed by atoms with Crippen LogP contribution >= 0.6 is 0 Å². The second kappa shape index (κ2) is 11.1. The normalized spacial score (nSPS) is 12.6. The molecular formula is C27H15F9I2+2. The van der Waals surface area contributed by atoms with E-state index in [1.54, 1.807) is 24.3 Å². The van der Waals surface area contributed by atoms with Crippen LogP contribution in [0.1, 0.15) is 16.7 Å². The fraction of sp³-hybridized carbons (Fsp3) is 0.111. The molecule has 0 atom stereocenters. The zero-order valence-corrected chi connectivity index (χ0v) is 23.1. The van der Waals surface area contributed by atoms with Crippen LogP contribution in [0.25, 0.3) is 11.1 Å². The van der Waals surface area contributed by atoms with Gasteiger partial charge in [-0.15, -0.1) is 0 Å². The highest BCUT2D eigenvalue weighted by molar-refractivity contribution is 5.63. The average Bonchev–Trinajstić information content (AvgIpc) is 2.84. The SMILES string of the molecule is FC(F)(F)c1ccc([I+]c2ccccc2-c2cc(C(F)(F)F)ccc2[I+]c2ccc(C(F)(F)F)cc2)cc1. The van der Waals surface area contributed by atoms with Gasteiger partial charge in [0, 0.05) is 11.1 Å². The molecule has 198 valence electrons. The van der Waals surface area contributed by atoms with Crippen molar-refractivity contribution in [3.63, 3.8) is 0 Å². The van der Waals surface area contributed by atoms with Crippen molar-refractivity contribution in [2.45, 2.75) is 18.5 Å². The molecule has 4 aromatic carbocycles. The molecule has 0 fully saturated rings. The molecule has 0 spiro atoms. The highest BCUT2D eigenvalue weighted by Gasteiger charge is 2.36. The summed E-state index contributed by atoms with van der Waals surface area (Å²) in [5, 5.41) is 0. The van der Waals surface area contributed by atoms with Crippen molar-refractivity contribution in [2.75, 3.05) is 0 Å². The van der Waals surface area contributed by atoms with E-state index in [1.165, 1.54) is 30.3 Å². The van der Waals surface area contributed by atoms with Crippen molar-refractivity contribution in [3.8, 4) is 11.1 Å². The zero-order chi connectivity index (χ0) is 27.7. The van der Waals surface area contributed by atoms with E-state index in [1.807, 2.05) is 0 Å². The van der Waals surface area contributed by atoms with Crippen LogP contribution in [0, 0.1) is 14.3 Å². The standard InChI is InChI=1S/C27H15F9I2/c28-25(29,30)16-5-10-19(11-6-16)37-23-4-2-1-3-21(23)22-15-18(27(34,35)36)9-14-24(22)38-20-12-7-17(8-13-20)26(31,32)33/h1-15H/q+2. The Morgan fingerprint density at radius 1 is 0.395 bits per heavy atom. The van der Waals surface area contributed by atoms with E-state index in [0.29, 0.717) is 25.4 Å². The molecule has 4 aromatic rings. The average molecular weight is 764 g/mol. The van der Waals surface area contributed by atoms with Crippen LogP contribution in [0.3, 0.4) is 0 Å². The number of hydrogen-bond donors (Lipinski definition) is 0. The van der Waals surface area contributed by atoms with E-state index >= 15 is 0 Å². The quantitative estimate of drug-likeness (QED) is 0.217. The van der Waals surface area contributed by atoms with Crippen molar-refractivity contribution < 1.29 is 81.9 Å². The van der Waals surface area contributed by atoms with Crippen molar-refractivity contribution in [1.29, 1.82) is 0 Å². The minimum absolute atomic E-state index is 0.315. The summed E-state index contributed by atoms with van der Waals surface area (Å²) in [5.41, 5.74) is -1.64. The summed E-state index contributed by atoms with van der Waals surface area (Å²) in [6.45, 7) is 0. The summed E-state index contributed by atoms with van der Waals surface area (Å²) in [6, 6.07) is 19.4. The third-order valence-electron chi connectivity index (χ3n) is 5.22. The Hall–Kier alpha value is -2.29. The third kappa shape index (κ3) is 7.01. The largest absolute Gasteiger partial charge is 0.416 e. The van der Waals surface area contributed by atoms with E-state index in [4.69, 9.17) is 0 Å². The first-order valence-corrected chi connectivity index (χ1v) is 15.0. The summed E-state index contributed by atoms with van der Waals surface area (Å²) in [5.74, 6) is 0. The summed E-state index contributed by atoms with van der Waals surface area (Å²) < 4.78 is 121. The van der Waals surface area contributed by atoms with Gasteiger partial charge >= 0.3 is 60.9 Å². The zero-order valence-electron chi connectivity index (χ0n) is 18.8. The number of halogens is 11. The Labute approximate surface area is 232 Å². The lowest BCUT2D eigenvalue weighted by molar-refractivity contribution is -0.599. The first-order chi connectivity index (χ1) is 17.7. The number of rotatable bonds is 5. The number of hydrogen-bond acceptors (Lipinski definition) is 0. The molecule has 0 N–H and O–H groups in total. The summed E-state index contributed by atoms with van der Waals surface area (Å²) in [6.07, 6.45) is -13.6. The van der Waals surface area contributed by atoms with Gasteiger partial charge in [0.05, 0.1) is 16.7 Å². The first-order valence-electron chi connectivity index (χ1n) is 10.7. The van der Waals surface area contributed by atoms with Gasteiger partial charge in [-0.05, 0) is 78.9 Å². The lowest BCUT2D eigenvalue weighted by atomic mass is 10.0. The highest BCUT2D eigenvalue weighted by atomic mass is 127. The van der Waals surface area contributed by atoms with Crippen molar-refractivity contribution in [2.24, 2.45) is 0 Å². The molecule has 0 aliphatic carbocycles. The second-order valence-electron chi connectivity index (χ2n) is 7.87. The van der Waals surface area contributed by atoms with Crippen molar-refractivity contribution in [3.05, 3.63) is 122 Å². The predicted octanol–water partition coefficient (Wildman–Crippen LogP) is 2.67. The van der Waals surface area contributed by atoms with Gasteiger partial charge in [-0.3, -0.25) is 0 Å². The summed E-state index contributed by atoms with van der Waals surface area (Å²) in [4.78, 5) is 0. The molecule has 0 aromatic heterocycles. The minimum Gasteiger partial charge on any atom is -0.166 e. The van der Waals surface area contributed by atoms with E-state index < -0.39 is 77.6 Å². The molecule has 0 heterocycles. The highest BCUT2D eigenvalue weighted by Crippen LogP contribution is 2.33. The molecule has 0 saturated heterocycles. The van der Waals surface area contributed by atoms with Crippen LogP contribution in [0.15, 0.2) is 91.0 Å². The smallest absolute Gasteiger partial charge is 0.166 e. The minimum atomic E-state index is -4.61. The second-order valence-corrected chi connectivity index (χ2v) is 13.8. The number of alkyl halides is 9. The maximum Gasteiger partial charge on any atom is 0.416 e. The molecule has 0 unspecified atom stereocenters. The van der Waals surface area contributed by atoms with Gasteiger partial charge in [-0.1, -0.05) is 12.1 Å². The Bertz CT molecular complexity index is 1400. The lowest BCUT2D eigenvalue weighted by Gasteiger charge is -2.09. The molecule has 38 heavy (non-hydrogen) atoms. The van der Waals surface area contributed by atoms with Gasteiger partial charge in [0.2, 0.25) is 7.14 Å². The van der Waals surface area contributed by atoms with Gasteiger partial charge < -0.3 is 0 Å². The van der Waals surface area contributed by atoms with Gasteiger partial charge in [-0.2, -0.15) is 39.5 Å². The fourth-order valence-electron chi connectivity index (χ4n) is 3.39. The van der Waals surface area contributed by atoms with Gasteiger partial charge in [0.1, 0.15) is 0 Å². The molecular weight excluding hydrogens is 749 g/mol. The molecule has 0 nitrogen and oxygen atoms in total. The van der Waals surface area contributed by atoms with Crippen LogP contribution in [-0.2, 0) is 18.5 Å². The Balaban J connectivity index is 1.74. The Morgan fingerprint density at radius 3 is 1.24 bits per heavy atom. The maximum atomic E-state index is 13.6. The van der Waals surface area contributed by atoms with Gasteiger partial charge in [-0.25, -0.2) is 0 Å². The number of benzene rings is 4. The fourth-order valence-corrected chi connectivity index (χ4v) is 8.42. The lowest BCUT2D eigenvalue weighted by Crippen LogP contribution is -3.62. The van der Waals surface area contributed by atoms with Gasteiger partial charge in [0.15, 0.2) is 7.14 Å². The molecule has 11 heteroatoms.